The smallest absolute Gasteiger partial charge is 0.337 e. The topological polar surface area (TPSA) is 80.3 Å². The summed E-state index contributed by atoms with van der Waals surface area (Å²) in [5.74, 6) is -0.829. The Bertz CT molecular complexity index is 1000. The fourth-order valence-corrected chi connectivity index (χ4v) is 2.78. The number of anilines is 3. The van der Waals surface area contributed by atoms with Crippen LogP contribution in [0.1, 0.15) is 33.3 Å². The molecule has 0 aliphatic carbocycles. The van der Waals surface area contributed by atoms with E-state index >= 15 is 0 Å². The zero-order valence-electron chi connectivity index (χ0n) is 15.7. The van der Waals surface area contributed by atoms with Gasteiger partial charge in [0.1, 0.15) is 5.69 Å². The van der Waals surface area contributed by atoms with E-state index in [0.717, 1.165) is 17.8 Å². The molecule has 1 aromatic heterocycles. The fraction of sp³-hybridized carbons (Fsp3) is 0.136. The minimum absolute atomic E-state index is 0.266. The van der Waals surface area contributed by atoms with Crippen LogP contribution in [0.15, 0.2) is 66.9 Å². The molecule has 0 aliphatic heterocycles. The maximum Gasteiger partial charge on any atom is 0.337 e. The number of aromatic nitrogens is 1. The van der Waals surface area contributed by atoms with Crippen molar-refractivity contribution in [2.75, 3.05) is 17.7 Å². The second-order valence-corrected chi connectivity index (χ2v) is 6.09. The molecule has 0 unspecified atom stereocenters. The number of hydrogen-bond acceptors (Lipinski definition) is 5. The molecule has 0 saturated heterocycles. The van der Waals surface area contributed by atoms with Crippen LogP contribution in [0.25, 0.3) is 0 Å². The number of para-hydroxylation sites is 1. The molecule has 0 bridgehead atoms. The summed E-state index contributed by atoms with van der Waals surface area (Å²) in [6, 6.07) is 18.1. The molecular weight excluding hydrogens is 354 g/mol. The van der Waals surface area contributed by atoms with E-state index in [-0.39, 0.29) is 11.6 Å². The van der Waals surface area contributed by atoms with Crippen molar-refractivity contribution in [1.29, 1.82) is 0 Å². The molecule has 3 aromatic rings. The van der Waals surface area contributed by atoms with Gasteiger partial charge in [-0.1, -0.05) is 31.2 Å². The number of nitrogens with one attached hydrogen (secondary N) is 2. The van der Waals surface area contributed by atoms with E-state index in [1.165, 1.54) is 12.7 Å². The van der Waals surface area contributed by atoms with E-state index in [1.54, 1.807) is 42.6 Å². The molecule has 3 rings (SSSR count). The number of nitrogens with zero attached hydrogens (tertiary/aromatic N) is 1. The summed E-state index contributed by atoms with van der Waals surface area (Å²) in [6.45, 7) is 2.09. The first-order valence-corrected chi connectivity index (χ1v) is 8.91. The van der Waals surface area contributed by atoms with Gasteiger partial charge in [0.2, 0.25) is 0 Å². The third-order valence-electron chi connectivity index (χ3n) is 4.21. The van der Waals surface area contributed by atoms with Crippen LogP contribution in [-0.2, 0) is 11.2 Å². The summed E-state index contributed by atoms with van der Waals surface area (Å²) in [5, 5.41) is 6.09. The summed E-state index contributed by atoms with van der Waals surface area (Å²) in [4.78, 5) is 28.4. The SMILES string of the molecule is CCc1ccccc1Nc1ccnc(C(=O)Nc2cccc(C(=O)OC)c2)c1. The molecule has 142 valence electrons. The maximum absolute atomic E-state index is 12.6. The Morgan fingerprint density at radius 2 is 1.82 bits per heavy atom. The summed E-state index contributed by atoms with van der Waals surface area (Å²) >= 11 is 0. The van der Waals surface area contributed by atoms with Crippen molar-refractivity contribution < 1.29 is 14.3 Å². The number of carbonyl (C=O) groups is 2. The van der Waals surface area contributed by atoms with Gasteiger partial charge in [0.05, 0.1) is 12.7 Å². The highest BCUT2D eigenvalue weighted by atomic mass is 16.5. The Kier molecular flexibility index (Phi) is 6.01. The van der Waals surface area contributed by atoms with Crippen LogP contribution in [0, 0.1) is 0 Å². The van der Waals surface area contributed by atoms with Crippen molar-refractivity contribution in [1.82, 2.24) is 4.98 Å². The number of methoxy groups -OCH3 is 1. The van der Waals surface area contributed by atoms with Gasteiger partial charge < -0.3 is 15.4 Å². The van der Waals surface area contributed by atoms with Crippen LogP contribution in [0.5, 0.6) is 0 Å². The lowest BCUT2D eigenvalue weighted by atomic mass is 10.1. The molecule has 0 spiro atoms. The van der Waals surface area contributed by atoms with Gasteiger partial charge in [-0.25, -0.2) is 4.79 Å². The molecule has 28 heavy (non-hydrogen) atoms. The highest BCUT2D eigenvalue weighted by Gasteiger charge is 2.11. The molecule has 1 amide bonds. The molecule has 0 radical (unpaired) electrons. The first-order chi connectivity index (χ1) is 13.6. The largest absolute Gasteiger partial charge is 0.465 e. The first-order valence-electron chi connectivity index (χ1n) is 8.91. The van der Waals surface area contributed by atoms with Gasteiger partial charge in [-0.3, -0.25) is 9.78 Å². The van der Waals surface area contributed by atoms with Crippen LogP contribution < -0.4 is 10.6 Å². The highest BCUT2D eigenvalue weighted by molar-refractivity contribution is 6.04. The van der Waals surface area contributed by atoms with Gasteiger partial charge in [-0.15, -0.1) is 0 Å². The number of rotatable bonds is 6. The van der Waals surface area contributed by atoms with Crippen molar-refractivity contribution >= 4 is 28.9 Å². The van der Waals surface area contributed by atoms with Crippen LogP contribution in [0.4, 0.5) is 17.1 Å². The van der Waals surface area contributed by atoms with Crippen LogP contribution in [0.3, 0.4) is 0 Å². The Morgan fingerprint density at radius 1 is 1.00 bits per heavy atom. The molecule has 0 aliphatic rings. The summed E-state index contributed by atoms with van der Waals surface area (Å²) in [5.41, 5.74) is 4.06. The fourth-order valence-electron chi connectivity index (χ4n) is 2.78. The number of esters is 1. The van der Waals surface area contributed by atoms with Gasteiger partial charge in [0.15, 0.2) is 0 Å². The molecule has 6 nitrogen and oxygen atoms in total. The minimum atomic E-state index is -0.463. The van der Waals surface area contributed by atoms with E-state index in [1.807, 2.05) is 18.2 Å². The van der Waals surface area contributed by atoms with E-state index in [9.17, 15) is 9.59 Å². The maximum atomic E-state index is 12.6. The quantitative estimate of drug-likeness (QED) is 0.623. The van der Waals surface area contributed by atoms with Crippen molar-refractivity contribution in [2.45, 2.75) is 13.3 Å². The van der Waals surface area contributed by atoms with Crippen LogP contribution in [0.2, 0.25) is 0 Å². The van der Waals surface area contributed by atoms with E-state index in [0.29, 0.717) is 11.3 Å². The summed E-state index contributed by atoms with van der Waals surface area (Å²) < 4.78 is 4.70. The van der Waals surface area contributed by atoms with Gasteiger partial charge >= 0.3 is 5.97 Å². The predicted molar refractivity (Wildman–Crippen MR) is 109 cm³/mol. The minimum Gasteiger partial charge on any atom is -0.465 e. The van der Waals surface area contributed by atoms with E-state index < -0.39 is 5.97 Å². The zero-order chi connectivity index (χ0) is 19.9. The molecule has 6 heteroatoms. The van der Waals surface area contributed by atoms with Gasteiger partial charge in [0.25, 0.3) is 5.91 Å². The Hall–Kier alpha value is -3.67. The number of benzene rings is 2. The van der Waals surface area contributed by atoms with Gasteiger partial charge in [-0.05, 0) is 48.4 Å². The van der Waals surface area contributed by atoms with Crippen LogP contribution >= 0.6 is 0 Å². The highest BCUT2D eigenvalue weighted by Crippen LogP contribution is 2.22. The molecule has 1 heterocycles. The number of ether oxygens (including phenoxy) is 1. The Balaban J connectivity index is 1.76. The second-order valence-electron chi connectivity index (χ2n) is 6.09. The standard InChI is InChI=1S/C22H21N3O3/c1-3-15-7-4-5-10-19(15)24-18-11-12-23-20(14-18)21(26)25-17-9-6-8-16(13-17)22(27)28-2/h4-14H,3H2,1-2H3,(H,23,24)(H,25,26). The lowest BCUT2D eigenvalue weighted by Crippen LogP contribution is -2.14. The normalized spacial score (nSPS) is 10.2. The lowest BCUT2D eigenvalue weighted by Gasteiger charge is -2.12. The number of carbonyl (C=O) groups excluding carboxylic acids is 2. The first kappa shape index (κ1) is 19.1. The summed E-state index contributed by atoms with van der Waals surface area (Å²) in [6.07, 6.45) is 2.48. The van der Waals surface area contributed by atoms with Crippen LogP contribution in [-0.4, -0.2) is 24.0 Å². The molecule has 2 N–H and O–H groups in total. The molecule has 0 saturated carbocycles. The molecule has 0 fully saturated rings. The molecule has 2 aromatic carbocycles. The third kappa shape index (κ3) is 4.54. The average Bonchev–Trinajstić information content (AvgIpc) is 2.74. The zero-order valence-corrected chi connectivity index (χ0v) is 15.7. The second kappa shape index (κ2) is 8.81. The van der Waals surface area contributed by atoms with Crippen molar-refractivity contribution in [3.05, 3.63) is 83.7 Å². The van der Waals surface area contributed by atoms with E-state index in [2.05, 4.69) is 28.6 Å². The number of aryl methyl sites for hydroxylation is 1. The van der Waals surface area contributed by atoms with Crippen molar-refractivity contribution in [2.24, 2.45) is 0 Å². The van der Waals surface area contributed by atoms with Crippen molar-refractivity contribution in [3.8, 4) is 0 Å². The Morgan fingerprint density at radius 3 is 2.61 bits per heavy atom. The third-order valence-corrected chi connectivity index (χ3v) is 4.21. The number of hydrogen-bond donors (Lipinski definition) is 2. The Labute approximate surface area is 163 Å². The number of amides is 1. The van der Waals surface area contributed by atoms with Gasteiger partial charge in [-0.2, -0.15) is 0 Å². The van der Waals surface area contributed by atoms with Gasteiger partial charge in [0, 0.05) is 23.3 Å². The predicted octanol–water partition coefficient (Wildman–Crippen LogP) is 4.43. The number of pyridine rings is 1. The lowest BCUT2D eigenvalue weighted by molar-refractivity contribution is 0.0600. The van der Waals surface area contributed by atoms with E-state index in [4.69, 9.17) is 4.74 Å². The summed E-state index contributed by atoms with van der Waals surface area (Å²) in [7, 11) is 1.31. The monoisotopic (exact) mass is 375 g/mol. The molecule has 0 atom stereocenters. The molecular formula is C22H21N3O3. The average molecular weight is 375 g/mol. The van der Waals surface area contributed by atoms with Crippen molar-refractivity contribution in [3.63, 3.8) is 0 Å².